The van der Waals surface area contributed by atoms with E-state index in [2.05, 4.69) is 59.9 Å². The molecular weight excluding hydrogens is 262 g/mol. The van der Waals surface area contributed by atoms with Crippen molar-refractivity contribution < 1.29 is 0 Å². The lowest BCUT2D eigenvalue weighted by Crippen LogP contribution is -2.28. The van der Waals surface area contributed by atoms with Crippen molar-refractivity contribution in [1.29, 1.82) is 0 Å². The number of nitrogens with zero attached hydrogens (tertiary/aromatic N) is 3. The Bertz CT molecular complexity index is 518. The zero-order valence-corrected chi connectivity index (χ0v) is 14.1. The van der Waals surface area contributed by atoms with E-state index in [4.69, 9.17) is 0 Å². The Hall–Kier alpha value is -1.62. The smallest absolute Gasteiger partial charge is 0.142 e. The zero-order valence-electron chi connectivity index (χ0n) is 14.1. The molecule has 0 saturated carbocycles. The summed E-state index contributed by atoms with van der Waals surface area (Å²) in [5, 5.41) is 4.20. The molecule has 2 aromatic rings. The predicted octanol–water partition coefficient (Wildman–Crippen LogP) is 3.20. The molecule has 0 aromatic carbocycles. The van der Waals surface area contributed by atoms with Crippen molar-refractivity contribution in [2.24, 2.45) is 0 Å². The third-order valence-corrected chi connectivity index (χ3v) is 4.02. The first-order chi connectivity index (χ1) is 10.0. The zero-order chi connectivity index (χ0) is 15.8. The Morgan fingerprint density at radius 1 is 1.24 bits per heavy atom. The summed E-state index contributed by atoms with van der Waals surface area (Å²) in [4.78, 5) is 13.8. The third-order valence-electron chi connectivity index (χ3n) is 4.02. The van der Waals surface area contributed by atoms with E-state index in [0.717, 1.165) is 23.3 Å². The first-order valence-electron chi connectivity index (χ1n) is 7.73. The van der Waals surface area contributed by atoms with E-state index >= 15 is 0 Å². The molecule has 2 aromatic heterocycles. The number of fused-ring (bicyclic) bond motifs is 1. The van der Waals surface area contributed by atoms with E-state index in [1.165, 1.54) is 6.42 Å². The van der Waals surface area contributed by atoms with Crippen molar-refractivity contribution in [3.63, 3.8) is 0 Å². The molecule has 0 spiro atoms. The maximum absolute atomic E-state index is 4.34. The first kappa shape index (κ1) is 17.4. The van der Waals surface area contributed by atoms with Gasteiger partial charge in [0.1, 0.15) is 17.8 Å². The Labute approximate surface area is 128 Å². The second kappa shape index (κ2) is 8.62. The quantitative estimate of drug-likeness (QED) is 0.888. The molecule has 2 heterocycles. The van der Waals surface area contributed by atoms with Gasteiger partial charge >= 0.3 is 0 Å². The fourth-order valence-electron chi connectivity index (χ4n) is 1.83. The number of anilines is 1. The molecule has 2 N–H and O–H groups in total. The van der Waals surface area contributed by atoms with E-state index in [-0.39, 0.29) is 0 Å². The highest BCUT2D eigenvalue weighted by molar-refractivity contribution is 5.87. The van der Waals surface area contributed by atoms with E-state index in [9.17, 15) is 0 Å². The fraction of sp³-hybridized carbons (Fsp3) is 0.625. The number of aromatic nitrogens is 3. The van der Waals surface area contributed by atoms with Crippen LogP contribution in [0.4, 0.5) is 5.82 Å². The Morgan fingerprint density at radius 2 is 1.95 bits per heavy atom. The number of hydrogen-bond acceptors (Lipinski definition) is 4. The summed E-state index contributed by atoms with van der Waals surface area (Å²) >= 11 is 0. The topological polar surface area (TPSA) is 56.8 Å². The average Bonchev–Trinajstić information content (AvgIpc) is 3.01. The molecule has 5 nitrogen and oxygen atoms in total. The first-order valence-corrected chi connectivity index (χ1v) is 7.73. The van der Waals surface area contributed by atoms with Gasteiger partial charge in [0.25, 0.3) is 0 Å². The molecule has 0 aliphatic rings. The number of aromatic amines is 1. The second-order valence-corrected chi connectivity index (χ2v) is 5.40. The van der Waals surface area contributed by atoms with Crippen molar-refractivity contribution in [2.45, 2.75) is 52.6 Å². The molecule has 2 atom stereocenters. The molecule has 2 unspecified atom stereocenters. The van der Waals surface area contributed by atoms with Crippen LogP contribution in [0.15, 0.2) is 18.6 Å². The van der Waals surface area contributed by atoms with Gasteiger partial charge in [-0.05, 0) is 39.8 Å². The lowest BCUT2D eigenvalue weighted by atomic mass is 10.2. The van der Waals surface area contributed by atoms with Gasteiger partial charge in [0.05, 0.1) is 5.39 Å². The third kappa shape index (κ3) is 4.70. The van der Waals surface area contributed by atoms with Gasteiger partial charge in [-0.3, -0.25) is 0 Å². The van der Waals surface area contributed by atoms with Crippen molar-refractivity contribution in [3.8, 4) is 0 Å². The van der Waals surface area contributed by atoms with Crippen LogP contribution in [0.5, 0.6) is 0 Å². The van der Waals surface area contributed by atoms with Crippen molar-refractivity contribution in [1.82, 2.24) is 20.3 Å². The molecule has 0 amide bonds. The molecule has 0 bridgehead atoms. The molecule has 0 aliphatic heterocycles. The van der Waals surface area contributed by atoms with Gasteiger partial charge in [-0.1, -0.05) is 13.8 Å². The van der Waals surface area contributed by atoms with Gasteiger partial charge in [-0.2, -0.15) is 0 Å². The molecule has 0 saturated heterocycles. The highest BCUT2D eigenvalue weighted by Crippen LogP contribution is 2.22. The summed E-state index contributed by atoms with van der Waals surface area (Å²) in [5.41, 5.74) is 0.898. The van der Waals surface area contributed by atoms with E-state index in [0.29, 0.717) is 12.1 Å². The van der Waals surface area contributed by atoms with Crippen molar-refractivity contribution in [2.75, 3.05) is 19.0 Å². The minimum Gasteiger partial charge on any atom is -0.356 e. The van der Waals surface area contributed by atoms with Crippen molar-refractivity contribution >= 4 is 16.9 Å². The van der Waals surface area contributed by atoms with Crippen LogP contribution in [-0.2, 0) is 0 Å². The van der Waals surface area contributed by atoms with Crippen LogP contribution in [-0.4, -0.2) is 41.1 Å². The normalized spacial score (nSPS) is 13.4. The molecule has 2 rings (SSSR count). The highest BCUT2D eigenvalue weighted by atomic mass is 15.2. The predicted molar refractivity (Wildman–Crippen MR) is 90.9 cm³/mol. The van der Waals surface area contributed by atoms with Crippen LogP contribution in [0.25, 0.3) is 11.0 Å². The maximum atomic E-state index is 4.34. The van der Waals surface area contributed by atoms with Crippen LogP contribution in [0, 0.1) is 0 Å². The monoisotopic (exact) mass is 291 g/mol. The van der Waals surface area contributed by atoms with E-state index < -0.39 is 0 Å². The fourth-order valence-corrected chi connectivity index (χ4v) is 1.83. The van der Waals surface area contributed by atoms with Crippen LogP contribution >= 0.6 is 0 Å². The summed E-state index contributed by atoms with van der Waals surface area (Å²) in [7, 11) is 4.05. The van der Waals surface area contributed by atoms with Crippen LogP contribution in [0.1, 0.15) is 40.5 Å². The van der Waals surface area contributed by atoms with Crippen LogP contribution in [0.3, 0.4) is 0 Å². The SMILES string of the molecule is CCC(C)N(C)c1ncnc2[nH]ccc12.CCC(C)NC. The number of nitrogens with one attached hydrogen (secondary N) is 2. The summed E-state index contributed by atoms with van der Waals surface area (Å²) in [6.45, 7) is 8.71. The molecule has 0 fully saturated rings. The molecule has 0 aliphatic carbocycles. The van der Waals surface area contributed by atoms with Gasteiger partial charge in [0.2, 0.25) is 0 Å². The number of rotatable bonds is 5. The van der Waals surface area contributed by atoms with Gasteiger partial charge in [-0.15, -0.1) is 0 Å². The van der Waals surface area contributed by atoms with Gasteiger partial charge in [-0.25, -0.2) is 9.97 Å². The largest absolute Gasteiger partial charge is 0.356 e. The number of hydrogen-bond donors (Lipinski definition) is 2. The van der Waals surface area contributed by atoms with E-state index in [1.807, 2.05) is 19.3 Å². The minimum absolute atomic E-state index is 0.484. The standard InChI is InChI=1S/C11H16N4.C5H13N/c1-4-8(2)15(3)11-9-5-6-12-10(9)13-7-14-11;1-4-5(2)6-3/h5-8H,4H2,1-3H3,(H,12,13,14);5-6H,4H2,1-3H3. The Kier molecular flexibility index (Phi) is 7.15. The lowest BCUT2D eigenvalue weighted by Gasteiger charge is -2.25. The van der Waals surface area contributed by atoms with Gasteiger partial charge < -0.3 is 15.2 Å². The number of H-pyrrole nitrogens is 1. The summed E-state index contributed by atoms with van der Waals surface area (Å²) in [5.74, 6) is 0.996. The van der Waals surface area contributed by atoms with Gasteiger partial charge in [0, 0.05) is 25.3 Å². The van der Waals surface area contributed by atoms with Crippen LogP contribution in [0.2, 0.25) is 0 Å². The lowest BCUT2D eigenvalue weighted by molar-refractivity contribution is 0.593. The second-order valence-electron chi connectivity index (χ2n) is 5.40. The minimum atomic E-state index is 0.484. The molecule has 21 heavy (non-hydrogen) atoms. The van der Waals surface area contributed by atoms with Crippen molar-refractivity contribution in [3.05, 3.63) is 18.6 Å². The Balaban J connectivity index is 0.000000315. The highest BCUT2D eigenvalue weighted by Gasteiger charge is 2.13. The summed E-state index contributed by atoms with van der Waals surface area (Å²) in [6.07, 6.45) is 5.82. The summed E-state index contributed by atoms with van der Waals surface area (Å²) in [6, 6.07) is 3.19. The molecule has 5 heteroatoms. The van der Waals surface area contributed by atoms with E-state index in [1.54, 1.807) is 6.33 Å². The average molecular weight is 291 g/mol. The maximum Gasteiger partial charge on any atom is 0.142 e. The summed E-state index contributed by atoms with van der Waals surface area (Å²) < 4.78 is 0. The molecule has 0 radical (unpaired) electrons. The Morgan fingerprint density at radius 3 is 2.48 bits per heavy atom. The van der Waals surface area contributed by atoms with Crippen LogP contribution < -0.4 is 10.2 Å². The van der Waals surface area contributed by atoms with Gasteiger partial charge in [0.15, 0.2) is 0 Å². The molecule has 118 valence electrons. The molecular formula is C16H29N5.